The Morgan fingerprint density at radius 2 is 2.14 bits per heavy atom. The van der Waals surface area contributed by atoms with E-state index < -0.39 is 0 Å². The van der Waals surface area contributed by atoms with Crippen molar-refractivity contribution in [3.63, 3.8) is 0 Å². The number of quaternary nitrogens is 1. The molecule has 1 N–H and O–H groups in total. The highest BCUT2D eigenvalue weighted by atomic mass is 32.1. The lowest BCUT2D eigenvalue weighted by molar-refractivity contribution is -0.928. The van der Waals surface area contributed by atoms with Crippen molar-refractivity contribution < 1.29 is 4.90 Å². The molecule has 2 heterocycles. The van der Waals surface area contributed by atoms with E-state index in [4.69, 9.17) is 12.2 Å². The third-order valence-electron chi connectivity index (χ3n) is 2.64. The molecule has 0 spiro atoms. The molecule has 1 aliphatic rings. The lowest BCUT2D eigenvalue weighted by Gasteiger charge is -2.22. The summed E-state index contributed by atoms with van der Waals surface area (Å²) in [5.74, 6) is 0. The highest BCUT2D eigenvalue weighted by molar-refractivity contribution is 7.73. The molecule has 1 saturated heterocycles. The highest BCUT2D eigenvalue weighted by Crippen LogP contribution is 2.05. The second kappa shape index (κ2) is 4.51. The lowest BCUT2D eigenvalue weighted by Crippen LogP contribution is -3.12. The van der Waals surface area contributed by atoms with Crippen LogP contribution in [0.15, 0.2) is 0 Å². The van der Waals surface area contributed by atoms with Crippen molar-refractivity contribution in [3.05, 3.63) is 8.96 Å². The van der Waals surface area contributed by atoms with E-state index in [-0.39, 0.29) is 0 Å². The van der Waals surface area contributed by atoms with Gasteiger partial charge in [-0.3, -0.25) is 0 Å². The van der Waals surface area contributed by atoms with Crippen LogP contribution in [0.5, 0.6) is 0 Å². The van der Waals surface area contributed by atoms with Gasteiger partial charge in [0.1, 0.15) is 5.01 Å². The maximum Gasteiger partial charge on any atom is 0.184 e. The van der Waals surface area contributed by atoms with Gasteiger partial charge in [-0.2, -0.15) is 9.78 Å². The van der Waals surface area contributed by atoms with Gasteiger partial charge in [0.2, 0.25) is 0 Å². The van der Waals surface area contributed by atoms with Crippen LogP contribution in [-0.2, 0) is 6.67 Å². The average Bonchev–Trinajstić information content (AvgIpc) is 2.47. The molecule has 1 aromatic heterocycles. The van der Waals surface area contributed by atoms with Crippen molar-refractivity contribution in [1.82, 2.24) is 9.78 Å². The minimum absolute atomic E-state index is 0.917. The first-order chi connectivity index (χ1) is 6.75. The SMILES string of the molecule is Cc1nn(C[NH+]2CCCCC2)c(=S)s1. The molecule has 3 nitrogen and oxygen atoms in total. The van der Waals surface area contributed by atoms with Gasteiger partial charge in [0.05, 0.1) is 13.1 Å². The predicted molar refractivity (Wildman–Crippen MR) is 60.2 cm³/mol. The zero-order valence-electron chi connectivity index (χ0n) is 8.45. The molecule has 0 radical (unpaired) electrons. The summed E-state index contributed by atoms with van der Waals surface area (Å²) in [6.45, 7) is 5.53. The van der Waals surface area contributed by atoms with Gasteiger partial charge in [0, 0.05) is 0 Å². The molecule has 0 saturated carbocycles. The molecule has 0 unspecified atom stereocenters. The number of nitrogens with zero attached hydrogens (tertiary/aromatic N) is 2. The van der Waals surface area contributed by atoms with Gasteiger partial charge in [-0.15, -0.1) is 0 Å². The Labute approximate surface area is 93.4 Å². The van der Waals surface area contributed by atoms with E-state index in [0.29, 0.717) is 0 Å². The second-order valence-corrected chi connectivity index (χ2v) is 5.68. The van der Waals surface area contributed by atoms with Gasteiger partial charge in [-0.05, 0) is 38.4 Å². The summed E-state index contributed by atoms with van der Waals surface area (Å²) in [6.07, 6.45) is 4.10. The number of aromatic nitrogens is 2. The van der Waals surface area contributed by atoms with E-state index in [2.05, 4.69) is 5.10 Å². The first-order valence-corrected chi connectivity index (χ1v) is 6.36. The van der Waals surface area contributed by atoms with E-state index in [1.807, 2.05) is 11.6 Å². The maximum atomic E-state index is 5.25. The van der Waals surface area contributed by atoms with E-state index in [1.54, 1.807) is 16.2 Å². The number of aryl methyl sites for hydroxylation is 1. The number of hydrogen-bond donors (Lipinski definition) is 1. The predicted octanol–water partition coefficient (Wildman–Crippen LogP) is 1.01. The zero-order valence-corrected chi connectivity index (χ0v) is 10.1. The van der Waals surface area contributed by atoms with Crippen molar-refractivity contribution >= 4 is 23.6 Å². The van der Waals surface area contributed by atoms with Gasteiger partial charge in [0.25, 0.3) is 0 Å². The lowest BCUT2D eigenvalue weighted by atomic mass is 10.1. The molecule has 78 valence electrons. The Balaban J connectivity index is 2.02. The van der Waals surface area contributed by atoms with Gasteiger partial charge in [0.15, 0.2) is 10.6 Å². The third-order valence-corrected chi connectivity index (χ3v) is 3.86. The Bertz CT molecular complexity index is 349. The molecule has 0 aliphatic carbocycles. The molecular weight excluding hydrogens is 214 g/mol. The number of nitrogens with one attached hydrogen (secondary N) is 1. The fraction of sp³-hybridized carbons (Fsp3) is 0.778. The molecule has 0 amide bonds. The smallest absolute Gasteiger partial charge is 0.184 e. The fourth-order valence-electron chi connectivity index (χ4n) is 1.93. The molecular formula is C9H16N3S2+. The largest absolute Gasteiger partial charge is 0.316 e. The van der Waals surface area contributed by atoms with E-state index in [9.17, 15) is 0 Å². The Morgan fingerprint density at radius 1 is 1.43 bits per heavy atom. The van der Waals surface area contributed by atoms with Crippen LogP contribution in [0.1, 0.15) is 24.3 Å². The summed E-state index contributed by atoms with van der Waals surface area (Å²) in [4.78, 5) is 1.62. The standard InChI is InChI=1S/C9H15N3S2/c1-8-10-12(9(13)14-8)7-11-5-3-2-4-6-11/h2-7H2,1H3/p+1. The average molecular weight is 230 g/mol. The summed E-state index contributed by atoms with van der Waals surface area (Å²) in [5, 5.41) is 5.49. The van der Waals surface area contributed by atoms with E-state index in [0.717, 1.165) is 15.6 Å². The first kappa shape index (κ1) is 10.3. The molecule has 14 heavy (non-hydrogen) atoms. The molecule has 2 rings (SSSR count). The second-order valence-electron chi connectivity index (χ2n) is 3.86. The number of hydrogen-bond acceptors (Lipinski definition) is 3. The van der Waals surface area contributed by atoms with Crippen LogP contribution in [0.4, 0.5) is 0 Å². The number of likely N-dealkylation sites (tertiary alicyclic amines) is 1. The van der Waals surface area contributed by atoms with E-state index >= 15 is 0 Å². The summed E-state index contributed by atoms with van der Waals surface area (Å²) >= 11 is 6.86. The molecule has 1 aliphatic heterocycles. The number of piperidine rings is 1. The fourth-order valence-corrected chi connectivity index (χ4v) is 3.00. The minimum atomic E-state index is 0.917. The molecule has 1 fully saturated rings. The van der Waals surface area contributed by atoms with Crippen molar-refractivity contribution in [1.29, 1.82) is 0 Å². The maximum absolute atomic E-state index is 5.25. The Morgan fingerprint density at radius 3 is 2.71 bits per heavy atom. The van der Waals surface area contributed by atoms with Crippen molar-refractivity contribution in [3.8, 4) is 0 Å². The Kier molecular flexibility index (Phi) is 3.30. The first-order valence-electron chi connectivity index (χ1n) is 5.14. The summed E-state index contributed by atoms with van der Waals surface area (Å²) in [6, 6.07) is 0. The van der Waals surface area contributed by atoms with Gasteiger partial charge < -0.3 is 4.90 Å². The molecule has 0 atom stereocenters. The van der Waals surface area contributed by atoms with Crippen molar-refractivity contribution in [2.45, 2.75) is 32.9 Å². The van der Waals surface area contributed by atoms with Gasteiger partial charge in [-0.25, -0.2) is 0 Å². The van der Waals surface area contributed by atoms with Crippen LogP contribution in [0.2, 0.25) is 0 Å². The quantitative estimate of drug-likeness (QED) is 0.766. The topological polar surface area (TPSA) is 22.3 Å². The van der Waals surface area contributed by atoms with Crippen LogP contribution in [0.3, 0.4) is 0 Å². The van der Waals surface area contributed by atoms with Crippen LogP contribution >= 0.6 is 23.6 Å². The van der Waals surface area contributed by atoms with Crippen LogP contribution in [0, 0.1) is 10.9 Å². The van der Waals surface area contributed by atoms with Gasteiger partial charge in [-0.1, -0.05) is 11.3 Å². The van der Waals surface area contributed by atoms with E-state index in [1.165, 1.54) is 32.4 Å². The molecule has 1 aromatic rings. The van der Waals surface area contributed by atoms with Crippen LogP contribution in [0.25, 0.3) is 0 Å². The molecule has 0 aromatic carbocycles. The minimum Gasteiger partial charge on any atom is -0.316 e. The summed E-state index contributed by atoms with van der Waals surface area (Å²) in [5.41, 5.74) is 0. The van der Waals surface area contributed by atoms with Crippen LogP contribution < -0.4 is 4.90 Å². The zero-order chi connectivity index (χ0) is 9.97. The van der Waals surface area contributed by atoms with Gasteiger partial charge >= 0.3 is 0 Å². The highest BCUT2D eigenvalue weighted by Gasteiger charge is 2.14. The normalized spacial score (nSPS) is 18.6. The van der Waals surface area contributed by atoms with Crippen LogP contribution in [-0.4, -0.2) is 22.9 Å². The monoisotopic (exact) mass is 230 g/mol. The summed E-state index contributed by atoms with van der Waals surface area (Å²) in [7, 11) is 0. The van der Waals surface area contributed by atoms with Crippen molar-refractivity contribution in [2.24, 2.45) is 0 Å². The van der Waals surface area contributed by atoms with Crippen molar-refractivity contribution in [2.75, 3.05) is 13.1 Å². The Hall–Kier alpha value is -0.260. The molecule has 5 heteroatoms. The summed E-state index contributed by atoms with van der Waals surface area (Å²) < 4.78 is 2.90. The number of rotatable bonds is 2. The molecule has 0 bridgehead atoms. The third kappa shape index (κ3) is 2.40.